The second-order valence-corrected chi connectivity index (χ2v) is 5.58. The number of nitrogens with one attached hydrogen (secondary N) is 1. The summed E-state index contributed by atoms with van der Waals surface area (Å²) < 4.78 is 0. The van der Waals surface area contributed by atoms with Crippen LogP contribution in [0.4, 0.5) is 0 Å². The van der Waals surface area contributed by atoms with Gasteiger partial charge in [0.25, 0.3) is 0 Å². The first-order valence-electron chi connectivity index (χ1n) is 5.68. The van der Waals surface area contributed by atoms with E-state index in [4.69, 9.17) is 0 Å². The SMILES string of the molecule is CC(=O)NC[C@]12CC[C@H](CC1=O)C2(C)C. The highest BCUT2D eigenvalue weighted by Gasteiger charge is 2.63. The van der Waals surface area contributed by atoms with Crippen molar-refractivity contribution in [2.45, 2.75) is 40.0 Å². The number of rotatable bonds is 2. The molecule has 15 heavy (non-hydrogen) atoms. The molecule has 3 heteroatoms. The molecule has 0 aromatic carbocycles. The molecule has 1 N–H and O–H groups in total. The standard InChI is InChI=1S/C12H19NO2/c1-8(14)13-7-12-5-4-9(6-10(12)15)11(12,2)3/h9H,4-7H2,1-3H3,(H,13,14)/t9-,12-/m1/s1. The summed E-state index contributed by atoms with van der Waals surface area (Å²) in [6.45, 7) is 6.40. The monoisotopic (exact) mass is 209 g/mol. The van der Waals surface area contributed by atoms with Crippen molar-refractivity contribution in [2.24, 2.45) is 16.7 Å². The normalized spacial score (nSPS) is 37.0. The third-order valence-corrected chi connectivity index (χ3v) is 4.78. The zero-order valence-corrected chi connectivity index (χ0v) is 9.72. The molecular formula is C12H19NO2. The predicted octanol–water partition coefficient (Wildman–Crippen LogP) is 1.52. The van der Waals surface area contributed by atoms with E-state index in [1.54, 1.807) is 0 Å². The molecule has 0 aromatic rings. The van der Waals surface area contributed by atoms with Crippen LogP contribution in [0.3, 0.4) is 0 Å². The van der Waals surface area contributed by atoms with E-state index in [1.165, 1.54) is 6.92 Å². The van der Waals surface area contributed by atoms with Crippen LogP contribution >= 0.6 is 0 Å². The lowest BCUT2D eigenvalue weighted by Crippen LogP contribution is -2.45. The maximum Gasteiger partial charge on any atom is 0.216 e. The highest BCUT2D eigenvalue weighted by molar-refractivity contribution is 5.90. The van der Waals surface area contributed by atoms with Crippen LogP contribution in [0.2, 0.25) is 0 Å². The minimum atomic E-state index is -0.274. The van der Waals surface area contributed by atoms with Gasteiger partial charge in [-0.25, -0.2) is 0 Å². The Bertz CT molecular complexity index is 322. The number of amides is 1. The molecule has 0 aromatic heterocycles. The topological polar surface area (TPSA) is 46.2 Å². The molecule has 2 aliphatic carbocycles. The third kappa shape index (κ3) is 1.25. The van der Waals surface area contributed by atoms with Gasteiger partial charge in [-0.15, -0.1) is 0 Å². The lowest BCUT2D eigenvalue weighted by Gasteiger charge is -2.36. The smallest absolute Gasteiger partial charge is 0.216 e. The van der Waals surface area contributed by atoms with Crippen molar-refractivity contribution in [3.05, 3.63) is 0 Å². The maximum atomic E-state index is 12.0. The Balaban J connectivity index is 2.24. The van der Waals surface area contributed by atoms with Gasteiger partial charge in [-0.3, -0.25) is 9.59 Å². The molecule has 84 valence electrons. The minimum Gasteiger partial charge on any atom is -0.355 e. The van der Waals surface area contributed by atoms with Gasteiger partial charge in [-0.1, -0.05) is 13.8 Å². The molecule has 0 aliphatic heterocycles. The highest BCUT2D eigenvalue weighted by Crippen LogP contribution is 2.63. The van der Waals surface area contributed by atoms with Gasteiger partial charge in [0, 0.05) is 19.9 Å². The van der Waals surface area contributed by atoms with Crippen LogP contribution < -0.4 is 5.32 Å². The van der Waals surface area contributed by atoms with Crippen LogP contribution in [0.1, 0.15) is 40.0 Å². The Kier molecular flexibility index (Phi) is 2.18. The highest BCUT2D eigenvalue weighted by atomic mass is 16.1. The summed E-state index contributed by atoms with van der Waals surface area (Å²) in [5.74, 6) is 0.847. The molecule has 2 rings (SSSR count). The van der Waals surface area contributed by atoms with E-state index in [2.05, 4.69) is 19.2 Å². The van der Waals surface area contributed by atoms with Crippen molar-refractivity contribution < 1.29 is 9.59 Å². The number of carbonyl (C=O) groups is 2. The van der Waals surface area contributed by atoms with Crippen LogP contribution in [-0.2, 0) is 9.59 Å². The number of ketones is 1. The molecular weight excluding hydrogens is 190 g/mol. The summed E-state index contributed by atoms with van der Waals surface area (Å²) in [4.78, 5) is 23.0. The van der Waals surface area contributed by atoms with Crippen LogP contribution in [0.25, 0.3) is 0 Å². The second-order valence-electron chi connectivity index (χ2n) is 5.58. The first kappa shape index (κ1) is 10.7. The van der Waals surface area contributed by atoms with E-state index in [1.807, 2.05) is 0 Å². The van der Waals surface area contributed by atoms with E-state index in [0.717, 1.165) is 12.8 Å². The molecule has 1 amide bonds. The van der Waals surface area contributed by atoms with Gasteiger partial charge in [0.05, 0.1) is 5.41 Å². The van der Waals surface area contributed by atoms with E-state index < -0.39 is 0 Å². The maximum absolute atomic E-state index is 12.0. The van der Waals surface area contributed by atoms with Gasteiger partial charge >= 0.3 is 0 Å². The molecule has 3 nitrogen and oxygen atoms in total. The molecule has 2 aliphatic rings. The number of Topliss-reactive ketones (excluding diaryl/α,β-unsaturated/α-hetero) is 1. The Labute approximate surface area is 90.6 Å². The van der Waals surface area contributed by atoms with E-state index >= 15 is 0 Å². The quantitative estimate of drug-likeness (QED) is 0.749. The molecule has 0 heterocycles. The molecule has 2 bridgehead atoms. The van der Waals surface area contributed by atoms with E-state index in [-0.39, 0.29) is 16.7 Å². The van der Waals surface area contributed by atoms with Crippen LogP contribution in [0.5, 0.6) is 0 Å². The number of fused-ring (bicyclic) bond motifs is 2. The molecule has 2 atom stereocenters. The zero-order chi connectivity index (χ0) is 11.3. The lowest BCUT2D eigenvalue weighted by molar-refractivity contribution is -0.130. The van der Waals surface area contributed by atoms with Crippen molar-refractivity contribution in [3.63, 3.8) is 0 Å². The second kappa shape index (κ2) is 3.06. The summed E-state index contributed by atoms with van der Waals surface area (Å²) >= 11 is 0. The van der Waals surface area contributed by atoms with Crippen LogP contribution in [-0.4, -0.2) is 18.2 Å². The Morgan fingerprint density at radius 2 is 2.20 bits per heavy atom. The third-order valence-electron chi connectivity index (χ3n) is 4.78. The average Bonchev–Trinajstić information content (AvgIpc) is 2.47. The summed E-state index contributed by atoms with van der Waals surface area (Å²) in [6.07, 6.45) is 2.80. The van der Waals surface area contributed by atoms with Crippen molar-refractivity contribution in [3.8, 4) is 0 Å². The zero-order valence-electron chi connectivity index (χ0n) is 9.72. The first-order chi connectivity index (χ1) is 6.90. The van der Waals surface area contributed by atoms with Gasteiger partial charge in [0.1, 0.15) is 5.78 Å². The average molecular weight is 209 g/mol. The Morgan fingerprint density at radius 3 is 2.60 bits per heavy atom. The van der Waals surface area contributed by atoms with Crippen molar-refractivity contribution in [1.29, 1.82) is 0 Å². The molecule has 0 spiro atoms. The summed E-state index contributed by atoms with van der Waals surface area (Å²) in [7, 11) is 0. The molecule has 0 radical (unpaired) electrons. The minimum absolute atomic E-state index is 0.0386. The molecule has 2 saturated carbocycles. The van der Waals surface area contributed by atoms with Gasteiger partial charge < -0.3 is 5.32 Å². The van der Waals surface area contributed by atoms with Gasteiger partial charge in [0.15, 0.2) is 0 Å². The van der Waals surface area contributed by atoms with Crippen LogP contribution in [0, 0.1) is 16.7 Å². The Morgan fingerprint density at radius 1 is 1.53 bits per heavy atom. The fourth-order valence-electron chi connectivity index (χ4n) is 3.46. The molecule has 0 saturated heterocycles. The summed E-state index contributed by atoms with van der Waals surface area (Å²) in [6, 6.07) is 0. The van der Waals surface area contributed by atoms with Gasteiger partial charge in [-0.05, 0) is 24.2 Å². The van der Waals surface area contributed by atoms with Crippen molar-refractivity contribution in [1.82, 2.24) is 5.32 Å². The van der Waals surface area contributed by atoms with Crippen molar-refractivity contribution in [2.75, 3.05) is 6.54 Å². The number of carbonyl (C=O) groups excluding carboxylic acids is 2. The molecule has 2 fully saturated rings. The number of hydrogen-bond donors (Lipinski definition) is 1. The van der Waals surface area contributed by atoms with Crippen LogP contribution in [0.15, 0.2) is 0 Å². The van der Waals surface area contributed by atoms with E-state index in [9.17, 15) is 9.59 Å². The molecule has 0 unspecified atom stereocenters. The predicted molar refractivity (Wildman–Crippen MR) is 57.2 cm³/mol. The Hall–Kier alpha value is -0.860. The fourth-order valence-corrected chi connectivity index (χ4v) is 3.46. The van der Waals surface area contributed by atoms with Gasteiger partial charge in [-0.2, -0.15) is 0 Å². The summed E-state index contributed by atoms with van der Waals surface area (Å²) in [5, 5.41) is 2.83. The largest absolute Gasteiger partial charge is 0.355 e. The van der Waals surface area contributed by atoms with Crippen molar-refractivity contribution >= 4 is 11.7 Å². The lowest BCUT2D eigenvalue weighted by atomic mass is 9.69. The summed E-state index contributed by atoms with van der Waals surface area (Å²) in [5.41, 5.74) is -0.212. The first-order valence-corrected chi connectivity index (χ1v) is 5.68. The fraction of sp³-hybridized carbons (Fsp3) is 0.833. The van der Waals surface area contributed by atoms with E-state index in [0.29, 0.717) is 24.7 Å². The van der Waals surface area contributed by atoms with Gasteiger partial charge in [0.2, 0.25) is 5.91 Å². The number of hydrogen-bond acceptors (Lipinski definition) is 2.